The Bertz CT molecular complexity index is 1180. The minimum atomic E-state index is -3.92. The van der Waals surface area contributed by atoms with Crippen LogP contribution in [0.4, 0.5) is 5.13 Å². The van der Waals surface area contributed by atoms with Crippen molar-refractivity contribution in [3.05, 3.63) is 66.0 Å². The van der Waals surface area contributed by atoms with E-state index in [0.29, 0.717) is 38.6 Å². The number of aryl methyl sites for hydroxylation is 1. The number of aromatic nitrogens is 2. The summed E-state index contributed by atoms with van der Waals surface area (Å²) in [5.74, 6) is 0.306. The number of nitriles is 1. The molecule has 0 bridgehead atoms. The fraction of sp³-hybridized carbons (Fsp3) is 0.375. The Morgan fingerprint density at radius 3 is 2.66 bits per heavy atom. The molecule has 35 heavy (non-hydrogen) atoms. The first kappa shape index (κ1) is 26.6. The van der Waals surface area contributed by atoms with Gasteiger partial charge in [-0.05, 0) is 49.9 Å². The number of hydrogen-bond acceptors (Lipinski definition) is 9. The lowest BCUT2D eigenvalue weighted by Gasteiger charge is -2.20. The quantitative estimate of drug-likeness (QED) is 0.300. The Kier molecular flexibility index (Phi) is 10.4. The third-order valence-electron chi connectivity index (χ3n) is 4.97. The Labute approximate surface area is 209 Å². The lowest BCUT2D eigenvalue weighted by Crippen LogP contribution is -2.25. The van der Waals surface area contributed by atoms with Crippen molar-refractivity contribution >= 4 is 26.7 Å². The van der Waals surface area contributed by atoms with Crippen LogP contribution in [0.2, 0.25) is 0 Å². The second-order valence-electron chi connectivity index (χ2n) is 7.51. The molecule has 11 heteroatoms. The lowest BCUT2D eigenvalue weighted by atomic mass is 10.1. The van der Waals surface area contributed by atoms with E-state index in [4.69, 9.17) is 14.2 Å². The monoisotopic (exact) mass is 516 g/mol. The molecule has 0 saturated carbocycles. The van der Waals surface area contributed by atoms with Gasteiger partial charge in [-0.3, -0.25) is 4.72 Å². The van der Waals surface area contributed by atoms with E-state index < -0.39 is 10.0 Å². The Balaban J connectivity index is 1.68. The standard InChI is InChI=1S/C24H28N4O5S2/c1-2-31-13-14-32-17-21(10-6-9-19-7-4-3-5-8-19)33-23-12-11-22(15-20(23)16-25)35(29,30)28-24-26-18-27-34-24/h3-5,7-8,11-12,15,18,21H,2,6,9-10,13-14,17H2,1H3,(H,26,27,28). The SMILES string of the molecule is CCOCCOCC(CCCc1ccccc1)Oc1ccc(S(=O)(=O)Nc2ncns2)cc1C#N. The Morgan fingerprint density at radius 2 is 1.94 bits per heavy atom. The van der Waals surface area contributed by atoms with E-state index in [-0.39, 0.29) is 21.7 Å². The molecule has 3 aromatic rings. The summed E-state index contributed by atoms with van der Waals surface area (Å²) in [5, 5.41) is 9.81. The molecule has 0 saturated heterocycles. The molecule has 2 aromatic carbocycles. The van der Waals surface area contributed by atoms with E-state index in [2.05, 4.69) is 26.2 Å². The summed E-state index contributed by atoms with van der Waals surface area (Å²) in [4.78, 5) is 3.76. The van der Waals surface area contributed by atoms with Gasteiger partial charge in [-0.1, -0.05) is 30.3 Å². The second-order valence-corrected chi connectivity index (χ2v) is 9.97. The number of ether oxygens (including phenoxy) is 3. The number of anilines is 1. The van der Waals surface area contributed by atoms with Gasteiger partial charge in [0.2, 0.25) is 5.13 Å². The van der Waals surface area contributed by atoms with Crippen molar-refractivity contribution in [2.45, 2.75) is 37.2 Å². The molecule has 1 heterocycles. The van der Waals surface area contributed by atoms with E-state index in [0.717, 1.165) is 24.4 Å². The predicted octanol–water partition coefficient (Wildman–Crippen LogP) is 4.03. The molecular weight excluding hydrogens is 488 g/mol. The Morgan fingerprint density at radius 1 is 1.14 bits per heavy atom. The number of nitrogens with one attached hydrogen (secondary N) is 1. The topological polar surface area (TPSA) is 123 Å². The van der Waals surface area contributed by atoms with Crippen molar-refractivity contribution in [2.75, 3.05) is 31.1 Å². The van der Waals surface area contributed by atoms with Crippen LogP contribution in [0.3, 0.4) is 0 Å². The summed E-state index contributed by atoms with van der Waals surface area (Å²) in [6.07, 6.45) is 3.40. The van der Waals surface area contributed by atoms with E-state index in [1.165, 1.54) is 30.1 Å². The van der Waals surface area contributed by atoms with Gasteiger partial charge in [0.15, 0.2) is 0 Å². The lowest BCUT2D eigenvalue weighted by molar-refractivity contribution is 0.0113. The molecule has 1 atom stereocenters. The van der Waals surface area contributed by atoms with E-state index in [1.54, 1.807) is 0 Å². The molecular formula is C24H28N4O5S2. The molecule has 0 aliphatic carbocycles. The van der Waals surface area contributed by atoms with Crippen LogP contribution in [0.25, 0.3) is 0 Å². The van der Waals surface area contributed by atoms with Crippen molar-refractivity contribution in [3.8, 4) is 11.8 Å². The van der Waals surface area contributed by atoms with Gasteiger partial charge < -0.3 is 14.2 Å². The fourth-order valence-electron chi connectivity index (χ4n) is 3.27. The van der Waals surface area contributed by atoms with Crippen molar-refractivity contribution in [3.63, 3.8) is 0 Å². The molecule has 1 unspecified atom stereocenters. The molecule has 1 aromatic heterocycles. The van der Waals surface area contributed by atoms with Gasteiger partial charge >= 0.3 is 0 Å². The van der Waals surface area contributed by atoms with Crippen LogP contribution in [0, 0.1) is 11.3 Å². The van der Waals surface area contributed by atoms with E-state index in [1.807, 2.05) is 31.2 Å². The number of hydrogen-bond donors (Lipinski definition) is 1. The first-order valence-electron chi connectivity index (χ1n) is 11.2. The normalized spacial score (nSPS) is 12.1. The average molecular weight is 517 g/mol. The maximum absolute atomic E-state index is 12.7. The largest absolute Gasteiger partial charge is 0.487 e. The molecule has 0 aliphatic heterocycles. The molecule has 0 aliphatic rings. The summed E-state index contributed by atoms with van der Waals surface area (Å²) in [6.45, 7) is 3.80. The summed E-state index contributed by atoms with van der Waals surface area (Å²) in [7, 11) is -3.92. The molecule has 0 fully saturated rings. The second kappa shape index (κ2) is 13.7. The van der Waals surface area contributed by atoms with E-state index >= 15 is 0 Å². The van der Waals surface area contributed by atoms with Crippen molar-refractivity contribution in [1.82, 2.24) is 9.36 Å². The molecule has 0 radical (unpaired) electrons. The maximum Gasteiger partial charge on any atom is 0.263 e. The van der Waals surface area contributed by atoms with Crippen LogP contribution >= 0.6 is 11.5 Å². The highest BCUT2D eigenvalue weighted by Crippen LogP contribution is 2.26. The average Bonchev–Trinajstić information content (AvgIpc) is 3.37. The van der Waals surface area contributed by atoms with Crippen LogP contribution in [-0.2, 0) is 25.9 Å². The first-order valence-corrected chi connectivity index (χ1v) is 13.5. The minimum Gasteiger partial charge on any atom is -0.487 e. The minimum absolute atomic E-state index is 0.0646. The van der Waals surface area contributed by atoms with Gasteiger partial charge in [0.25, 0.3) is 10.0 Å². The zero-order valence-electron chi connectivity index (χ0n) is 19.4. The fourth-order valence-corrected chi connectivity index (χ4v) is 4.96. The van der Waals surface area contributed by atoms with Crippen molar-refractivity contribution in [1.29, 1.82) is 5.26 Å². The van der Waals surface area contributed by atoms with Gasteiger partial charge in [0, 0.05) is 18.1 Å². The zero-order chi connectivity index (χ0) is 24.9. The van der Waals surface area contributed by atoms with Crippen molar-refractivity contribution in [2.24, 2.45) is 0 Å². The van der Waals surface area contributed by atoms with Crippen LogP contribution in [0.5, 0.6) is 5.75 Å². The van der Waals surface area contributed by atoms with Crippen molar-refractivity contribution < 1.29 is 22.6 Å². The zero-order valence-corrected chi connectivity index (χ0v) is 21.1. The van der Waals surface area contributed by atoms with Crippen LogP contribution < -0.4 is 9.46 Å². The summed E-state index contributed by atoms with van der Waals surface area (Å²) in [5.41, 5.74) is 1.35. The van der Waals surface area contributed by atoms with Gasteiger partial charge in [-0.2, -0.15) is 9.64 Å². The van der Waals surface area contributed by atoms with Crippen LogP contribution in [-0.4, -0.2) is 50.3 Å². The molecule has 1 N–H and O–H groups in total. The van der Waals surface area contributed by atoms with Crippen LogP contribution in [0.1, 0.15) is 30.9 Å². The first-order chi connectivity index (χ1) is 17.0. The third kappa shape index (κ3) is 8.60. The van der Waals surface area contributed by atoms with Gasteiger partial charge in [0.1, 0.15) is 24.3 Å². The summed E-state index contributed by atoms with van der Waals surface area (Å²) >= 11 is 0.920. The summed E-state index contributed by atoms with van der Waals surface area (Å²) < 4.78 is 48.6. The predicted molar refractivity (Wildman–Crippen MR) is 133 cm³/mol. The molecule has 186 valence electrons. The highest BCUT2D eigenvalue weighted by Gasteiger charge is 2.20. The molecule has 3 rings (SSSR count). The van der Waals surface area contributed by atoms with E-state index in [9.17, 15) is 13.7 Å². The highest BCUT2D eigenvalue weighted by molar-refractivity contribution is 7.93. The summed E-state index contributed by atoms with van der Waals surface area (Å²) in [6, 6.07) is 16.4. The van der Waals surface area contributed by atoms with Gasteiger partial charge in [0.05, 0.1) is 30.3 Å². The van der Waals surface area contributed by atoms with Gasteiger partial charge in [-0.25, -0.2) is 13.4 Å². The number of benzene rings is 2. The Hall–Kier alpha value is -3.04. The molecule has 9 nitrogen and oxygen atoms in total. The van der Waals surface area contributed by atoms with Gasteiger partial charge in [-0.15, -0.1) is 0 Å². The third-order valence-corrected chi connectivity index (χ3v) is 7.02. The smallest absolute Gasteiger partial charge is 0.263 e. The van der Waals surface area contributed by atoms with Crippen LogP contribution in [0.15, 0.2) is 59.8 Å². The number of nitrogens with zero attached hydrogens (tertiary/aromatic N) is 3. The number of rotatable bonds is 15. The molecule has 0 amide bonds. The maximum atomic E-state index is 12.7. The molecule has 0 spiro atoms. The highest BCUT2D eigenvalue weighted by atomic mass is 32.2. The number of sulfonamides is 1.